The molecule has 0 radical (unpaired) electrons. The molecule has 1 aromatic rings. The maximum absolute atomic E-state index is 10.7. The Morgan fingerprint density at radius 3 is 2.58 bits per heavy atom. The number of aromatic carboxylic acids is 1. The summed E-state index contributed by atoms with van der Waals surface area (Å²) in [5, 5.41) is 8.75. The SMILES string of the molecule is Cc1cc(I)cc(N)c1C(=O)O. The maximum atomic E-state index is 10.7. The van der Waals surface area contributed by atoms with Gasteiger partial charge in [-0.2, -0.15) is 0 Å². The van der Waals surface area contributed by atoms with Crippen LogP contribution in [0.3, 0.4) is 0 Å². The van der Waals surface area contributed by atoms with E-state index >= 15 is 0 Å². The van der Waals surface area contributed by atoms with Crippen LogP contribution in [-0.4, -0.2) is 11.1 Å². The van der Waals surface area contributed by atoms with Crippen LogP contribution in [0.15, 0.2) is 12.1 Å². The zero-order chi connectivity index (χ0) is 9.30. The molecule has 0 bridgehead atoms. The molecule has 0 saturated carbocycles. The first-order chi connectivity index (χ1) is 5.52. The Hall–Kier alpha value is -0.780. The van der Waals surface area contributed by atoms with Gasteiger partial charge in [0, 0.05) is 9.26 Å². The lowest BCUT2D eigenvalue weighted by atomic mass is 10.1. The van der Waals surface area contributed by atoms with Crippen LogP contribution in [0.4, 0.5) is 5.69 Å². The predicted molar refractivity (Wildman–Crippen MR) is 55.3 cm³/mol. The molecular weight excluding hydrogens is 269 g/mol. The number of rotatable bonds is 1. The molecule has 12 heavy (non-hydrogen) atoms. The first-order valence-electron chi connectivity index (χ1n) is 3.31. The van der Waals surface area contributed by atoms with E-state index < -0.39 is 5.97 Å². The van der Waals surface area contributed by atoms with Gasteiger partial charge in [0.2, 0.25) is 0 Å². The maximum Gasteiger partial charge on any atom is 0.338 e. The molecule has 1 rings (SSSR count). The summed E-state index contributed by atoms with van der Waals surface area (Å²) in [6.45, 7) is 1.74. The van der Waals surface area contributed by atoms with E-state index in [-0.39, 0.29) is 5.56 Å². The van der Waals surface area contributed by atoms with Crippen LogP contribution < -0.4 is 5.73 Å². The first-order valence-corrected chi connectivity index (χ1v) is 4.39. The lowest BCUT2D eigenvalue weighted by Gasteiger charge is -2.04. The molecule has 0 fully saturated rings. The highest BCUT2D eigenvalue weighted by molar-refractivity contribution is 14.1. The van der Waals surface area contributed by atoms with E-state index in [1.165, 1.54) is 0 Å². The van der Waals surface area contributed by atoms with Gasteiger partial charge in [0.15, 0.2) is 0 Å². The summed E-state index contributed by atoms with van der Waals surface area (Å²) >= 11 is 2.10. The lowest BCUT2D eigenvalue weighted by Crippen LogP contribution is -2.05. The summed E-state index contributed by atoms with van der Waals surface area (Å²) in [5.41, 5.74) is 6.77. The van der Waals surface area contributed by atoms with Crippen molar-refractivity contribution in [2.75, 3.05) is 5.73 Å². The van der Waals surface area contributed by atoms with Crippen LogP contribution >= 0.6 is 22.6 Å². The van der Waals surface area contributed by atoms with Gasteiger partial charge in [-0.3, -0.25) is 0 Å². The molecule has 4 heteroatoms. The van der Waals surface area contributed by atoms with Crippen molar-refractivity contribution < 1.29 is 9.90 Å². The van der Waals surface area contributed by atoms with Crippen molar-refractivity contribution in [1.82, 2.24) is 0 Å². The number of nitrogens with two attached hydrogens (primary N) is 1. The van der Waals surface area contributed by atoms with Gasteiger partial charge < -0.3 is 10.8 Å². The Morgan fingerprint density at radius 1 is 1.58 bits per heavy atom. The number of nitrogen functional groups attached to an aromatic ring is 1. The second-order valence-electron chi connectivity index (χ2n) is 2.49. The third kappa shape index (κ3) is 1.69. The molecule has 0 aromatic heterocycles. The average molecular weight is 277 g/mol. The van der Waals surface area contributed by atoms with Crippen molar-refractivity contribution in [3.63, 3.8) is 0 Å². The third-order valence-corrected chi connectivity index (χ3v) is 2.17. The number of hydrogen-bond acceptors (Lipinski definition) is 2. The van der Waals surface area contributed by atoms with Crippen LogP contribution in [0.5, 0.6) is 0 Å². The van der Waals surface area contributed by atoms with E-state index in [4.69, 9.17) is 10.8 Å². The zero-order valence-corrected chi connectivity index (χ0v) is 8.62. The Morgan fingerprint density at radius 2 is 2.17 bits per heavy atom. The fraction of sp³-hybridized carbons (Fsp3) is 0.125. The molecular formula is C8H8INO2. The number of hydrogen-bond donors (Lipinski definition) is 2. The topological polar surface area (TPSA) is 63.3 Å². The summed E-state index contributed by atoms with van der Waals surface area (Å²) < 4.78 is 0.951. The molecule has 0 heterocycles. The number of aryl methyl sites for hydroxylation is 1. The van der Waals surface area contributed by atoms with Gasteiger partial charge in [-0.05, 0) is 47.2 Å². The number of carboxylic acid groups (broad SMARTS) is 1. The second-order valence-corrected chi connectivity index (χ2v) is 3.74. The Kier molecular flexibility index (Phi) is 2.56. The largest absolute Gasteiger partial charge is 0.478 e. The van der Waals surface area contributed by atoms with Gasteiger partial charge >= 0.3 is 5.97 Å². The highest BCUT2D eigenvalue weighted by Crippen LogP contribution is 2.20. The van der Waals surface area contributed by atoms with Crippen LogP contribution in [0.1, 0.15) is 15.9 Å². The number of halogens is 1. The average Bonchev–Trinajstić information content (AvgIpc) is 1.82. The third-order valence-electron chi connectivity index (χ3n) is 1.54. The van der Waals surface area contributed by atoms with E-state index in [0.717, 1.165) is 3.57 Å². The van der Waals surface area contributed by atoms with Crippen molar-refractivity contribution in [2.45, 2.75) is 6.92 Å². The minimum absolute atomic E-state index is 0.204. The van der Waals surface area contributed by atoms with Gasteiger partial charge in [0.1, 0.15) is 0 Å². The molecule has 0 aliphatic rings. The van der Waals surface area contributed by atoms with Crippen molar-refractivity contribution in [1.29, 1.82) is 0 Å². The van der Waals surface area contributed by atoms with E-state index in [9.17, 15) is 4.79 Å². The standard InChI is InChI=1S/C8H8INO2/c1-4-2-5(9)3-6(10)7(4)8(11)12/h2-3H,10H2,1H3,(H,11,12). The van der Waals surface area contributed by atoms with Crippen molar-refractivity contribution in [3.05, 3.63) is 26.8 Å². The van der Waals surface area contributed by atoms with E-state index in [1.54, 1.807) is 19.1 Å². The zero-order valence-electron chi connectivity index (χ0n) is 6.47. The van der Waals surface area contributed by atoms with Gasteiger partial charge in [0.05, 0.1) is 5.56 Å². The lowest BCUT2D eigenvalue weighted by molar-refractivity contribution is 0.0697. The number of carbonyl (C=O) groups is 1. The fourth-order valence-electron chi connectivity index (χ4n) is 1.06. The van der Waals surface area contributed by atoms with E-state index in [1.807, 2.05) is 0 Å². The molecule has 0 spiro atoms. The Balaban J connectivity index is 3.38. The predicted octanol–water partition coefficient (Wildman–Crippen LogP) is 1.88. The minimum atomic E-state index is -0.971. The number of anilines is 1. The molecule has 64 valence electrons. The molecule has 0 saturated heterocycles. The van der Waals surface area contributed by atoms with Crippen LogP contribution in [-0.2, 0) is 0 Å². The summed E-state index contributed by atoms with van der Waals surface area (Å²) in [6.07, 6.45) is 0. The fourth-order valence-corrected chi connectivity index (χ4v) is 1.86. The number of carboxylic acids is 1. The van der Waals surface area contributed by atoms with Crippen molar-refractivity contribution >= 4 is 34.2 Å². The molecule has 0 unspecified atom stereocenters. The van der Waals surface area contributed by atoms with Crippen LogP contribution in [0, 0.1) is 10.5 Å². The molecule has 0 atom stereocenters. The molecule has 3 nitrogen and oxygen atoms in total. The molecule has 0 amide bonds. The summed E-state index contributed by atoms with van der Waals surface area (Å²) in [6, 6.07) is 3.44. The molecule has 1 aromatic carbocycles. The summed E-state index contributed by atoms with van der Waals surface area (Å²) in [4.78, 5) is 10.7. The van der Waals surface area contributed by atoms with Crippen LogP contribution in [0.2, 0.25) is 0 Å². The van der Waals surface area contributed by atoms with Gasteiger partial charge in [-0.1, -0.05) is 0 Å². The monoisotopic (exact) mass is 277 g/mol. The Bertz CT molecular complexity index is 313. The first kappa shape index (κ1) is 9.31. The minimum Gasteiger partial charge on any atom is -0.478 e. The quantitative estimate of drug-likeness (QED) is 0.608. The van der Waals surface area contributed by atoms with Crippen molar-refractivity contribution in [2.24, 2.45) is 0 Å². The molecule has 0 aliphatic carbocycles. The van der Waals surface area contributed by atoms with E-state index in [2.05, 4.69) is 22.6 Å². The number of benzene rings is 1. The molecule has 3 N–H and O–H groups in total. The highest BCUT2D eigenvalue weighted by atomic mass is 127. The van der Waals surface area contributed by atoms with Gasteiger partial charge in [-0.15, -0.1) is 0 Å². The highest BCUT2D eigenvalue weighted by Gasteiger charge is 2.11. The summed E-state index contributed by atoms with van der Waals surface area (Å²) in [7, 11) is 0. The van der Waals surface area contributed by atoms with Crippen molar-refractivity contribution in [3.8, 4) is 0 Å². The molecule has 0 aliphatic heterocycles. The van der Waals surface area contributed by atoms with Gasteiger partial charge in [-0.25, -0.2) is 4.79 Å². The van der Waals surface area contributed by atoms with Crippen LogP contribution in [0.25, 0.3) is 0 Å². The normalized spacial score (nSPS) is 9.83. The second kappa shape index (κ2) is 3.30. The Labute approximate surface area is 83.7 Å². The van der Waals surface area contributed by atoms with Gasteiger partial charge in [0.25, 0.3) is 0 Å². The summed E-state index contributed by atoms with van der Waals surface area (Å²) in [5.74, 6) is -0.971. The smallest absolute Gasteiger partial charge is 0.338 e. The van der Waals surface area contributed by atoms with E-state index in [0.29, 0.717) is 11.3 Å².